The second-order valence-electron chi connectivity index (χ2n) is 1.76. The third-order valence-corrected chi connectivity index (χ3v) is 1.28. The third-order valence-electron chi connectivity index (χ3n) is 1.07. The van der Waals surface area contributed by atoms with Gasteiger partial charge in [-0.2, -0.15) is 0 Å². The van der Waals surface area contributed by atoms with Gasteiger partial charge in [-0.25, -0.2) is 4.98 Å². The van der Waals surface area contributed by atoms with Crippen molar-refractivity contribution in [1.82, 2.24) is 4.98 Å². The highest BCUT2D eigenvalue weighted by Gasteiger charge is 2.00. The second kappa shape index (κ2) is 2.86. The number of nitrogens with zero attached hydrogens (tertiary/aromatic N) is 1. The number of rotatable bonds is 1. The number of pyridine rings is 1. The Bertz CT molecular complexity index is 239. The summed E-state index contributed by atoms with van der Waals surface area (Å²) in [5.41, 5.74) is 0.201. The average molecular weight is 160 g/mol. The summed E-state index contributed by atoms with van der Waals surface area (Å²) in [4.78, 5) is 3.66. The summed E-state index contributed by atoms with van der Waals surface area (Å²) in [6, 6.07) is 2.84. The molecule has 0 aliphatic heterocycles. The summed E-state index contributed by atoms with van der Waals surface area (Å²) in [6.07, 6.45) is 0. The first-order chi connectivity index (χ1) is 4.74. The Morgan fingerprint density at radius 3 is 2.70 bits per heavy atom. The Hall–Kier alpha value is -0.800. The number of hydrogen-bond acceptors (Lipinski definition) is 3. The average Bonchev–Trinajstić information content (AvgIpc) is 1.94. The SMILES string of the molecule is OCc1nc(Cl)ccc1O. The maximum Gasteiger partial charge on any atom is 0.139 e. The predicted octanol–water partition coefficient (Wildman–Crippen LogP) is 0.933. The van der Waals surface area contributed by atoms with Crippen molar-refractivity contribution in [1.29, 1.82) is 0 Å². The molecule has 0 unspecified atom stereocenters. The largest absolute Gasteiger partial charge is 0.506 e. The molecule has 2 N–H and O–H groups in total. The molecule has 0 spiro atoms. The van der Waals surface area contributed by atoms with Gasteiger partial charge < -0.3 is 10.2 Å². The molecule has 0 radical (unpaired) electrons. The molecule has 0 aliphatic carbocycles. The van der Waals surface area contributed by atoms with Crippen LogP contribution in [0.2, 0.25) is 5.15 Å². The lowest BCUT2D eigenvalue weighted by atomic mass is 10.3. The van der Waals surface area contributed by atoms with E-state index in [9.17, 15) is 0 Å². The monoisotopic (exact) mass is 159 g/mol. The molecule has 0 saturated heterocycles. The van der Waals surface area contributed by atoms with Crippen molar-refractivity contribution in [2.75, 3.05) is 0 Å². The quantitative estimate of drug-likeness (QED) is 0.600. The van der Waals surface area contributed by atoms with Gasteiger partial charge in [-0.05, 0) is 12.1 Å². The number of halogens is 1. The van der Waals surface area contributed by atoms with E-state index >= 15 is 0 Å². The Balaban J connectivity index is 3.09. The minimum atomic E-state index is -0.299. The van der Waals surface area contributed by atoms with E-state index < -0.39 is 0 Å². The van der Waals surface area contributed by atoms with Crippen molar-refractivity contribution in [2.45, 2.75) is 6.61 Å². The number of aliphatic hydroxyl groups excluding tert-OH is 1. The lowest BCUT2D eigenvalue weighted by Crippen LogP contribution is -1.88. The highest BCUT2D eigenvalue weighted by atomic mass is 35.5. The first kappa shape index (κ1) is 7.31. The van der Waals surface area contributed by atoms with E-state index in [2.05, 4.69) is 4.98 Å². The van der Waals surface area contributed by atoms with Gasteiger partial charge in [0.2, 0.25) is 0 Å². The topological polar surface area (TPSA) is 53.4 Å². The van der Waals surface area contributed by atoms with Crippen molar-refractivity contribution in [3.8, 4) is 5.75 Å². The maximum atomic E-state index is 8.95. The van der Waals surface area contributed by atoms with Gasteiger partial charge in [0.05, 0.1) is 6.61 Å². The Morgan fingerprint density at radius 2 is 2.20 bits per heavy atom. The molecule has 0 aromatic carbocycles. The van der Waals surface area contributed by atoms with E-state index in [4.69, 9.17) is 21.8 Å². The molecule has 0 atom stereocenters. The summed E-state index contributed by atoms with van der Waals surface area (Å²) in [7, 11) is 0. The Labute approximate surface area is 62.9 Å². The van der Waals surface area contributed by atoms with Crippen LogP contribution in [0.25, 0.3) is 0 Å². The molecule has 0 fully saturated rings. The maximum absolute atomic E-state index is 8.95. The number of aromatic nitrogens is 1. The van der Waals surface area contributed by atoms with Crippen molar-refractivity contribution in [3.05, 3.63) is 23.0 Å². The van der Waals surface area contributed by atoms with E-state index in [0.717, 1.165) is 0 Å². The van der Waals surface area contributed by atoms with E-state index in [0.29, 0.717) is 0 Å². The van der Waals surface area contributed by atoms with Gasteiger partial charge in [-0.15, -0.1) is 0 Å². The molecule has 1 aromatic heterocycles. The molecule has 54 valence electrons. The molecule has 0 bridgehead atoms. The molecule has 0 amide bonds. The molecular weight excluding hydrogens is 154 g/mol. The number of aromatic hydroxyl groups is 1. The van der Waals surface area contributed by atoms with Crippen LogP contribution >= 0.6 is 11.6 Å². The third kappa shape index (κ3) is 1.37. The van der Waals surface area contributed by atoms with Crippen molar-refractivity contribution in [3.63, 3.8) is 0 Å². The fraction of sp³-hybridized carbons (Fsp3) is 0.167. The zero-order valence-corrected chi connectivity index (χ0v) is 5.84. The first-order valence-electron chi connectivity index (χ1n) is 2.69. The molecule has 4 heteroatoms. The van der Waals surface area contributed by atoms with Gasteiger partial charge >= 0.3 is 0 Å². The minimum Gasteiger partial charge on any atom is -0.506 e. The molecule has 1 heterocycles. The lowest BCUT2D eigenvalue weighted by Gasteiger charge is -1.98. The molecule has 3 nitrogen and oxygen atoms in total. The molecule has 0 aliphatic rings. The minimum absolute atomic E-state index is 0.0353. The van der Waals surface area contributed by atoms with Crippen LogP contribution in [0, 0.1) is 0 Å². The fourth-order valence-electron chi connectivity index (χ4n) is 0.584. The molecule has 1 rings (SSSR count). The number of hydrogen-bond donors (Lipinski definition) is 2. The summed E-state index contributed by atoms with van der Waals surface area (Å²) >= 11 is 5.46. The molecule has 0 saturated carbocycles. The zero-order chi connectivity index (χ0) is 7.56. The highest BCUT2D eigenvalue weighted by molar-refractivity contribution is 6.29. The van der Waals surface area contributed by atoms with Crippen LogP contribution in [0.4, 0.5) is 0 Å². The summed E-state index contributed by atoms with van der Waals surface area (Å²) < 4.78 is 0. The van der Waals surface area contributed by atoms with E-state index in [1.165, 1.54) is 12.1 Å². The zero-order valence-electron chi connectivity index (χ0n) is 5.08. The van der Waals surface area contributed by atoms with Gasteiger partial charge in [-0.1, -0.05) is 11.6 Å². The lowest BCUT2D eigenvalue weighted by molar-refractivity contribution is 0.270. The second-order valence-corrected chi connectivity index (χ2v) is 2.15. The Kier molecular flexibility index (Phi) is 2.09. The van der Waals surface area contributed by atoms with Crippen molar-refractivity contribution in [2.24, 2.45) is 0 Å². The van der Waals surface area contributed by atoms with Gasteiger partial charge in [-0.3, -0.25) is 0 Å². The predicted molar refractivity (Wildman–Crippen MR) is 36.8 cm³/mol. The van der Waals surface area contributed by atoms with Crippen LogP contribution in [0.5, 0.6) is 5.75 Å². The van der Waals surface area contributed by atoms with Crippen LogP contribution in [0.1, 0.15) is 5.69 Å². The van der Waals surface area contributed by atoms with Crippen molar-refractivity contribution >= 4 is 11.6 Å². The van der Waals surface area contributed by atoms with Crippen LogP contribution in [-0.2, 0) is 6.61 Å². The highest BCUT2D eigenvalue weighted by Crippen LogP contribution is 2.16. The summed E-state index contributed by atoms with van der Waals surface area (Å²) in [5, 5.41) is 17.8. The van der Waals surface area contributed by atoms with Gasteiger partial charge in [0.25, 0.3) is 0 Å². The van der Waals surface area contributed by atoms with E-state index in [-0.39, 0.29) is 23.2 Å². The normalized spacial score (nSPS) is 9.80. The fourth-order valence-corrected chi connectivity index (χ4v) is 0.749. The van der Waals surface area contributed by atoms with E-state index in [1.54, 1.807) is 0 Å². The van der Waals surface area contributed by atoms with Gasteiger partial charge in [0.15, 0.2) is 0 Å². The molecular formula is C6H6ClNO2. The van der Waals surface area contributed by atoms with Crippen LogP contribution in [-0.4, -0.2) is 15.2 Å². The van der Waals surface area contributed by atoms with Gasteiger partial charge in [0, 0.05) is 0 Å². The summed E-state index contributed by atoms with van der Waals surface area (Å²) in [5.74, 6) is -0.0353. The van der Waals surface area contributed by atoms with E-state index in [1.807, 2.05) is 0 Å². The van der Waals surface area contributed by atoms with Crippen molar-refractivity contribution < 1.29 is 10.2 Å². The standard InChI is InChI=1S/C6H6ClNO2/c7-6-2-1-5(10)4(3-9)8-6/h1-2,9-10H,3H2. The van der Waals surface area contributed by atoms with Crippen LogP contribution in [0.3, 0.4) is 0 Å². The smallest absolute Gasteiger partial charge is 0.139 e. The van der Waals surface area contributed by atoms with Crippen LogP contribution < -0.4 is 0 Å². The molecule has 10 heavy (non-hydrogen) atoms. The van der Waals surface area contributed by atoms with Crippen LogP contribution in [0.15, 0.2) is 12.1 Å². The molecule has 1 aromatic rings. The first-order valence-corrected chi connectivity index (χ1v) is 3.07. The van der Waals surface area contributed by atoms with Gasteiger partial charge in [0.1, 0.15) is 16.6 Å². The summed E-state index contributed by atoms with van der Waals surface area (Å²) in [6.45, 7) is -0.299. The Morgan fingerprint density at radius 1 is 1.50 bits per heavy atom. The number of aliphatic hydroxyl groups is 1.